The van der Waals surface area contributed by atoms with Gasteiger partial charge in [-0.05, 0) is 6.92 Å². The summed E-state index contributed by atoms with van der Waals surface area (Å²) in [5.41, 5.74) is 7.17. The molecule has 6 nitrogen and oxygen atoms in total. The average molecular weight is 218 g/mol. The van der Waals surface area contributed by atoms with Gasteiger partial charge in [0.1, 0.15) is 11.3 Å². The van der Waals surface area contributed by atoms with E-state index in [1.165, 1.54) is 0 Å². The molecule has 82 valence electrons. The van der Waals surface area contributed by atoms with E-state index in [4.69, 9.17) is 10.8 Å². The van der Waals surface area contributed by atoms with E-state index in [1.54, 1.807) is 10.8 Å². The molecule has 3 N–H and O–H groups in total. The lowest BCUT2D eigenvalue weighted by atomic mass is 9.95. The smallest absolute Gasteiger partial charge is 0.222 e. The Morgan fingerprint density at radius 3 is 3.00 bits per heavy atom. The lowest BCUT2D eigenvalue weighted by molar-refractivity contribution is 0.102. The highest BCUT2D eigenvalue weighted by Gasteiger charge is 2.33. The molecule has 0 saturated carbocycles. The molecule has 1 atom stereocenters. The van der Waals surface area contributed by atoms with E-state index < -0.39 is 0 Å². The van der Waals surface area contributed by atoms with Crippen LogP contribution in [0.1, 0.15) is 29.0 Å². The van der Waals surface area contributed by atoms with Gasteiger partial charge in [-0.3, -0.25) is 4.79 Å². The second-order valence-corrected chi connectivity index (χ2v) is 3.94. The highest BCUT2D eigenvalue weighted by atomic mass is 16.3. The van der Waals surface area contributed by atoms with Crippen LogP contribution in [0.4, 0.5) is 5.95 Å². The number of nitrogen functional groups attached to an aromatic ring is 1. The molecule has 2 aromatic rings. The summed E-state index contributed by atoms with van der Waals surface area (Å²) in [6, 6.07) is -0.135. The van der Waals surface area contributed by atoms with Gasteiger partial charge in [-0.15, -0.1) is 0 Å². The van der Waals surface area contributed by atoms with Crippen LogP contribution in [0.25, 0.3) is 11.0 Å². The van der Waals surface area contributed by atoms with Gasteiger partial charge >= 0.3 is 0 Å². The van der Waals surface area contributed by atoms with Crippen LogP contribution in [-0.4, -0.2) is 32.0 Å². The summed E-state index contributed by atoms with van der Waals surface area (Å²) in [7, 11) is 0. The van der Waals surface area contributed by atoms with E-state index >= 15 is 0 Å². The van der Waals surface area contributed by atoms with E-state index in [0.717, 1.165) is 5.39 Å². The highest BCUT2D eigenvalue weighted by Crippen LogP contribution is 2.35. The summed E-state index contributed by atoms with van der Waals surface area (Å²) >= 11 is 0. The molecule has 0 fully saturated rings. The third kappa shape index (κ3) is 0.917. The molecule has 0 aliphatic heterocycles. The van der Waals surface area contributed by atoms with Crippen LogP contribution in [0.3, 0.4) is 0 Å². The third-order valence-electron chi connectivity index (χ3n) is 2.89. The first-order chi connectivity index (χ1) is 7.63. The van der Waals surface area contributed by atoms with Crippen LogP contribution in [0.2, 0.25) is 0 Å². The first-order valence-electron chi connectivity index (χ1n) is 4.97. The van der Waals surface area contributed by atoms with Crippen LogP contribution >= 0.6 is 0 Å². The SMILES string of the molecule is CC(CO)n1cc2c3c(nc(N)nc31)C2=O. The fraction of sp³-hybridized carbons (Fsp3) is 0.300. The third-order valence-corrected chi connectivity index (χ3v) is 2.89. The summed E-state index contributed by atoms with van der Waals surface area (Å²) in [6.45, 7) is 1.83. The number of hydrogen-bond acceptors (Lipinski definition) is 5. The van der Waals surface area contributed by atoms with Crippen LogP contribution in [0.5, 0.6) is 0 Å². The molecule has 1 aliphatic rings. The number of rotatable bonds is 2. The first-order valence-corrected chi connectivity index (χ1v) is 4.97. The van der Waals surface area contributed by atoms with Crippen molar-refractivity contribution in [3.05, 3.63) is 17.5 Å². The van der Waals surface area contributed by atoms with Gasteiger partial charge in [0.15, 0.2) is 0 Å². The van der Waals surface area contributed by atoms with Gasteiger partial charge in [-0.1, -0.05) is 0 Å². The molecule has 2 heterocycles. The van der Waals surface area contributed by atoms with E-state index in [-0.39, 0.29) is 24.4 Å². The number of hydrogen-bond donors (Lipinski definition) is 2. The molecular weight excluding hydrogens is 208 g/mol. The number of aromatic nitrogens is 3. The molecule has 6 heteroatoms. The topological polar surface area (TPSA) is 94.0 Å². The number of nitrogens with zero attached hydrogens (tertiary/aromatic N) is 3. The summed E-state index contributed by atoms with van der Waals surface area (Å²) in [5, 5.41) is 9.89. The standard InChI is InChI=1S/C10H10N4O2/c1-4(3-15)14-2-5-6-7(8(5)16)12-10(11)13-9(6)14/h2,4,15H,3H2,1H3,(H2,11,12,13). The van der Waals surface area contributed by atoms with Crippen LogP contribution in [-0.2, 0) is 0 Å². The van der Waals surface area contributed by atoms with Crippen LogP contribution in [0.15, 0.2) is 6.20 Å². The average Bonchev–Trinajstić information content (AvgIpc) is 2.64. The number of aliphatic hydroxyl groups is 1. The number of nitrogens with two attached hydrogens (primary N) is 1. The summed E-state index contributed by atoms with van der Waals surface area (Å²) in [6.07, 6.45) is 1.70. The van der Waals surface area contributed by atoms with Gasteiger partial charge in [0, 0.05) is 6.20 Å². The van der Waals surface area contributed by atoms with E-state index in [0.29, 0.717) is 16.9 Å². The molecule has 3 rings (SSSR count). The van der Waals surface area contributed by atoms with Crippen molar-refractivity contribution in [2.24, 2.45) is 0 Å². The van der Waals surface area contributed by atoms with Crippen molar-refractivity contribution in [2.45, 2.75) is 13.0 Å². The Balaban J connectivity index is 2.35. The Morgan fingerprint density at radius 1 is 1.56 bits per heavy atom. The lowest BCUT2D eigenvalue weighted by Crippen LogP contribution is -2.16. The molecule has 16 heavy (non-hydrogen) atoms. The van der Waals surface area contributed by atoms with Crippen molar-refractivity contribution >= 4 is 22.8 Å². The van der Waals surface area contributed by atoms with Gasteiger partial charge in [-0.2, -0.15) is 4.98 Å². The lowest BCUT2D eigenvalue weighted by Gasteiger charge is -2.12. The maximum absolute atomic E-state index is 11.6. The zero-order valence-electron chi connectivity index (χ0n) is 8.64. The molecule has 0 radical (unpaired) electrons. The van der Waals surface area contributed by atoms with Crippen molar-refractivity contribution in [1.29, 1.82) is 0 Å². The van der Waals surface area contributed by atoms with Crippen molar-refractivity contribution in [3.8, 4) is 0 Å². The zero-order valence-corrected chi connectivity index (χ0v) is 8.64. The Kier molecular flexibility index (Phi) is 1.62. The number of carbonyl (C=O) groups excluding carboxylic acids is 1. The minimum atomic E-state index is -0.135. The Morgan fingerprint density at radius 2 is 2.31 bits per heavy atom. The summed E-state index contributed by atoms with van der Waals surface area (Å²) in [5.74, 6) is -0.00965. The van der Waals surface area contributed by atoms with E-state index in [1.807, 2.05) is 6.92 Å². The molecule has 1 unspecified atom stereocenters. The van der Waals surface area contributed by atoms with Crippen molar-refractivity contribution < 1.29 is 9.90 Å². The van der Waals surface area contributed by atoms with Gasteiger partial charge < -0.3 is 15.4 Å². The molecule has 0 bridgehead atoms. The largest absolute Gasteiger partial charge is 0.394 e. The molecule has 0 saturated heterocycles. The second-order valence-electron chi connectivity index (χ2n) is 3.94. The predicted molar refractivity (Wildman–Crippen MR) is 57.2 cm³/mol. The second kappa shape index (κ2) is 2.79. The molecule has 0 amide bonds. The highest BCUT2D eigenvalue weighted by molar-refractivity contribution is 6.30. The number of aliphatic hydroxyl groups excluding tert-OH is 1. The van der Waals surface area contributed by atoms with Crippen molar-refractivity contribution in [3.63, 3.8) is 0 Å². The summed E-state index contributed by atoms with van der Waals surface area (Å²) < 4.78 is 1.76. The normalized spacial score (nSPS) is 15.2. The molecule has 0 aromatic carbocycles. The first kappa shape index (κ1) is 9.29. The molecule has 0 spiro atoms. The van der Waals surface area contributed by atoms with E-state index in [2.05, 4.69) is 9.97 Å². The van der Waals surface area contributed by atoms with Crippen molar-refractivity contribution in [2.75, 3.05) is 12.3 Å². The fourth-order valence-electron chi connectivity index (χ4n) is 1.99. The number of carbonyl (C=O) groups is 1. The number of anilines is 1. The Bertz CT molecular complexity index is 617. The van der Waals surface area contributed by atoms with Crippen molar-refractivity contribution in [1.82, 2.24) is 14.5 Å². The minimum absolute atomic E-state index is 0.0172. The van der Waals surface area contributed by atoms with Gasteiger partial charge in [0.2, 0.25) is 11.7 Å². The monoisotopic (exact) mass is 218 g/mol. The Labute approximate surface area is 90.7 Å². The summed E-state index contributed by atoms with van der Waals surface area (Å²) in [4.78, 5) is 19.6. The quantitative estimate of drug-likeness (QED) is 0.636. The number of ketones is 1. The predicted octanol–water partition coefficient (Wildman–Crippen LogP) is 0.111. The molecule has 2 aromatic heterocycles. The van der Waals surface area contributed by atoms with Gasteiger partial charge in [-0.25, -0.2) is 4.98 Å². The van der Waals surface area contributed by atoms with Crippen LogP contribution in [0, 0.1) is 0 Å². The maximum Gasteiger partial charge on any atom is 0.222 e. The van der Waals surface area contributed by atoms with E-state index in [9.17, 15) is 4.79 Å². The zero-order chi connectivity index (χ0) is 11.4. The Hall–Kier alpha value is -1.95. The maximum atomic E-state index is 11.6. The van der Waals surface area contributed by atoms with Gasteiger partial charge in [0.05, 0.1) is 23.6 Å². The van der Waals surface area contributed by atoms with Gasteiger partial charge in [0.25, 0.3) is 0 Å². The fourth-order valence-corrected chi connectivity index (χ4v) is 1.99. The molecule has 1 aliphatic carbocycles. The minimum Gasteiger partial charge on any atom is -0.394 e. The molecular formula is C10H10N4O2. The van der Waals surface area contributed by atoms with Crippen LogP contribution < -0.4 is 5.73 Å².